The Morgan fingerprint density at radius 1 is 1.10 bits per heavy atom. The van der Waals surface area contributed by atoms with Crippen LogP contribution in [-0.4, -0.2) is 15.9 Å². The van der Waals surface area contributed by atoms with Gasteiger partial charge in [0.2, 0.25) is 0 Å². The highest BCUT2D eigenvalue weighted by Gasteiger charge is 2.30. The Hall–Kier alpha value is -3.46. The van der Waals surface area contributed by atoms with E-state index < -0.39 is 17.7 Å². The van der Waals surface area contributed by atoms with Crippen molar-refractivity contribution in [2.24, 2.45) is 0 Å². The summed E-state index contributed by atoms with van der Waals surface area (Å²) in [6.07, 6.45) is -3.15. The molecule has 4 rings (SSSR count). The number of aromatic nitrogens is 2. The van der Waals surface area contributed by atoms with E-state index in [1.54, 1.807) is 6.92 Å². The third-order valence-electron chi connectivity index (χ3n) is 4.58. The van der Waals surface area contributed by atoms with Gasteiger partial charge in [0.05, 0.1) is 10.9 Å². The van der Waals surface area contributed by atoms with Gasteiger partial charge < -0.3 is 10.1 Å². The maximum absolute atomic E-state index is 13.0. The smallest absolute Gasteiger partial charge is 0.416 e. The SMILES string of the molecule is Cc1c(C(=O)OCc2ccccc2)sc2ncnc(Nc3cccc(C(F)(F)F)c3)c12. The Labute approximate surface area is 179 Å². The number of nitrogens with zero attached hydrogens (tertiary/aromatic N) is 2. The van der Waals surface area contributed by atoms with Crippen LogP contribution in [-0.2, 0) is 17.5 Å². The van der Waals surface area contributed by atoms with Gasteiger partial charge in [-0.15, -0.1) is 11.3 Å². The molecule has 0 radical (unpaired) electrons. The number of esters is 1. The van der Waals surface area contributed by atoms with E-state index in [2.05, 4.69) is 15.3 Å². The lowest BCUT2D eigenvalue weighted by atomic mass is 10.1. The summed E-state index contributed by atoms with van der Waals surface area (Å²) in [6, 6.07) is 14.1. The number of fused-ring (bicyclic) bond motifs is 1. The first-order chi connectivity index (χ1) is 14.8. The van der Waals surface area contributed by atoms with Gasteiger partial charge in [0.15, 0.2) is 0 Å². The number of halogens is 3. The van der Waals surface area contributed by atoms with Crippen molar-refractivity contribution in [1.82, 2.24) is 9.97 Å². The lowest BCUT2D eigenvalue weighted by molar-refractivity contribution is -0.137. The number of thiophene rings is 1. The molecule has 0 saturated heterocycles. The van der Waals surface area contributed by atoms with Crippen LogP contribution in [0.3, 0.4) is 0 Å². The van der Waals surface area contributed by atoms with E-state index in [1.807, 2.05) is 30.3 Å². The van der Waals surface area contributed by atoms with Crippen molar-refractivity contribution < 1.29 is 22.7 Å². The molecule has 9 heteroatoms. The summed E-state index contributed by atoms with van der Waals surface area (Å²) in [5, 5.41) is 3.48. The van der Waals surface area contributed by atoms with Gasteiger partial charge in [-0.1, -0.05) is 36.4 Å². The van der Waals surface area contributed by atoms with Crippen molar-refractivity contribution in [3.8, 4) is 0 Å². The van der Waals surface area contributed by atoms with Crippen molar-refractivity contribution in [1.29, 1.82) is 0 Å². The number of hydrogen-bond acceptors (Lipinski definition) is 6. The molecule has 0 spiro atoms. The molecule has 4 aromatic rings. The van der Waals surface area contributed by atoms with Crippen molar-refractivity contribution >= 4 is 39.0 Å². The van der Waals surface area contributed by atoms with E-state index in [9.17, 15) is 18.0 Å². The number of aryl methyl sites for hydroxylation is 1. The molecule has 2 aromatic carbocycles. The molecule has 0 unspecified atom stereocenters. The third kappa shape index (κ3) is 4.51. The normalized spacial score (nSPS) is 11.5. The maximum atomic E-state index is 13.0. The van der Waals surface area contributed by atoms with E-state index in [1.165, 1.54) is 18.5 Å². The summed E-state index contributed by atoms with van der Waals surface area (Å²) in [7, 11) is 0. The highest BCUT2D eigenvalue weighted by Crippen LogP contribution is 2.36. The van der Waals surface area contributed by atoms with E-state index in [-0.39, 0.29) is 12.3 Å². The molecule has 0 amide bonds. The first-order valence-corrected chi connectivity index (χ1v) is 10.0. The molecule has 0 aliphatic rings. The summed E-state index contributed by atoms with van der Waals surface area (Å²) in [5.74, 6) is -0.172. The molecule has 2 aromatic heterocycles. The topological polar surface area (TPSA) is 64.1 Å². The second kappa shape index (κ2) is 8.35. The second-order valence-corrected chi connectivity index (χ2v) is 7.72. The number of nitrogens with one attached hydrogen (secondary N) is 1. The van der Waals surface area contributed by atoms with E-state index in [0.29, 0.717) is 26.5 Å². The van der Waals surface area contributed by atoms with Crippen LogP contribution < -0.4 is 5.32 Å². The summed E-state index contributed by atoms with van der Waals surface area (Å²) >= 11 is 1.15. The lowest BCUT2D eigenvalue weighted by Crippen LogP contribution is -2.06. The number of benzene rings is 2. The van der Waals surface area contributed by atoms with Gasteiger partial charge in [0, 0.05) is 5.69 Å². The minimum Gasteiger partial charge on any atom is -0.457 e. The number of carbonyl (C=O) groups excluding carboxylic acids is 1. The predicted molar refractivity (Wildman–Crippen MR) is 112 cm³/mol. The molecule has 31 heavy (non-hydrogen) atoms. The van der Waals surface area contributed by atoms with Crippen LogP contribution in [0.15, 0.2) is 60.9 Å². The first kappa shape index (κ1) is 20.8. The average molecular weight is 443 g/mol. The summed E-state index contributed by atoms with van der Waals surface area (Å²) in [6.45, 7) is 1.87. The number of alkyl halides is 3. The quantitative estimate of drug-likeness (QED) is 0.377. The Bertz CT molecular complexity index is 1240. The summed E-state index contributed by atoms with van der Waals surface area (Å²) < 4.78 is 44.4. The van der Waals surface area contributed by atoms with Gasteiger partial charge in [0.25, 0.3) is 0 Å². The van der Waals surface area contributed by atoms with E-state index in [4.69, 9.17) is 4.74 Å². The average Bonchev–Trinajstić information content (AvgIpc) is 3.10. The van der Waals surface area contributed by atoms with Crippen molar-refractivity contribution in [3.05, 3.63) is 82.5 Å². The van der Waals surface area contributed by atoms with Crippen molar-refractivity contribution in [2.45, 2.75) is 19.7 Å². The van der Waals surface area contributed by atoms with E-state index >= 15 is 0 Å². The van der Waals surface area contributed by atoms with Crippen LogP contribution in [0.2, 0.25) is 0 Å². The molecule has 2 heterocycles. The Morgan fingerprint density at radius 2 is 1.87 bits per heavy atom. The fraction of sp³-hybridized carbons (Fsp3) is 0.136. The van der Waals surface area contributed by atoms with Gasteiger partial charge in [-0.2, -0.15) is 13.2 Å². The Kier molecular flexibility index (Phi) is 5.60. The van der Waals surface area contributed by atoms with Gasteiger partial charge in [0.1, 0.15) is 28.5 Å². The number of carbonyl (C=O) groups is 1. The van der Waals surface area contributed by atoms with Crippen LogP contribution in [0.25, 0.3) is 10.2 Å². The molecule has 0 aliphatic carbocycles. The van der Waals surface area contributed by atoms with Crippen LogP contribution in [0, 0.1) is 6.92 Å². The minimum absolute atomic E-state index is 0.133. The number of anilines is 2. The summed E-state index contributed by atoms with van der Waals surface area (Å²) in [5.41, 5.74) is 0.929. The predicted octanol–water partition coefficient (Wildman–Crippen LogP) is 6.12. The molecule has 0 saturated carbocycles. The molecular formula is C22H16F3N3O2S. The largest absolute Gasteiger partial charge is 0.457 e. The third-order valence-corrected chi connectivity index (χ3v) is 5.76. The van der Waals surface area contributed by atoms with Crippen LogP contribution in [0.1, 0.15) is 26.4 Å². The standard InChI is InChI=1S/C22H16F3N3O2S/c1-13-17-19(28-16-9-5-8-15(10-16)22(23,24)25)26-12-27-20(17)31-18(13)21(29)30-11-14-6-3-2-4-7-14/h2-10,12H,11H2,1H3,(H,26,27,28). The second-order valence-electron chi connectivity index (χ2n) is 6.72. The molecule has 158 valence electrons. The molecule has 0 bridgehead atoms. The lowest BCUT2D eigenvalue weighted by Gasteiger charge is -2.11. The Balaban J connectivity index is 1.62. The van der Waals surface area contributed by atoms with Crippen molar-refractivity contribution in [3.63, 3.8) is 0 Å². The fourth-order valence-corrected chi connectivity index (χ4v) is 4.10. The van der Waals surface area contributed by atoms with E-state index in [0.717, 1.165) is 29.0 Å². The molecule has 0 atom stereocenters. The molecule has 1 N–H and O–H groups in total. The van der Waals surface area contributed by atoms with Crippen LogP contribution in [0.5, 0.6) is 0 Å². The monoisotopic (exact) mass is 443 g/mol. The maximum Gasteiger partial charge on any atom is 0.416 e. The number of rotatable bonds is 5. The molecule has 0 aliphatic heterocycles. The summed E-state index contributed by atoms with van der Waals surface area (Å²) in [4.78, 5) is 21.9. The van der Waals surface area contributed by atoms with Crippen LogP contribution >= 0.6 is 11.3 Å². The fourth-order valence-electron chi connectivity index (χ4n) is 3.06. The van der Waals surface area contributed by atoms with Gasteiger partial charge in [-0.05, 0) is 36.2 Å². The van der Waals surface area contributed by atoms with Crippen molar-refractivity contribution in [2.75, 3.05) is 5.32 Å². The number of hydrogen-bond donors (Lipinski definition) is 1. The van der Waals surface area contributed by atoms with Gasteiger partial charge in [-0.3, -0.25) is 0 Å². The number of ether oxygens (including phenoxy) is 1. The van der Waals surface area contributed by atoms with Crippen LogP contribution in [0.4, 0.5) is 24.7 Å². The molecule has 0 fully saturated rings. The zero-order chi connectivity index (χ0) is 22.0. The first-order valence-electron chi connectivity index (χ1n) is 9.22. The van der Waals surface area contributed by atoms with Gasteiger partial charge >= 0.3 is 12.1 Å². The molecule has 5 nitrogen and oxygen atoms in total. The Morgan fingerprint density at radius 3 is 2.61 bits per heavy atom. The highest BCUT2D eigenvalue weighted by atomic mass is 32.1. The van der Waals surface area contributed by atoms with Gasteiger partial charge in [-0.25, -0.2) is 14.8 Å². The zero-order valence-electron chi connectivity index (χ0n) is 16.2. The minimum atomic E-state index is -4.45. The highest BCUT2D eigenvalue weighted by molar-refractivity contribution is 7.20. The zero-order valence-corrected chi connectivity index (χ0v) is 17.1. The molecular weight excluding hydrogens is 427 g/mol.